The van der Waals surface area contributed by atoms with Gasteiger partial charge >= 0.3 is 0 Å². The van der Waals surface area contributed by atoms with Gasteiger partial charge in [0.1, 0.15) is 0 Å². The van der Waals surface area contributed by atoms with Crippen LogP contribution in [0.5, 0.6) is 0 Å². The van der Waals surface area contributed by atoms with E-state index in [1.54, 1.807) is 0 Å². The zero-order valence-corrected chi connectivity index (χ0v) is 10.6. The molecule has 4 nitrogen and oxygen atoms in total. The molecular weight excluding hydrogens is 214 g/mol. The highest BCUT2D eigenvalue weighted by atomic mass is 16.1. The maximum atomic E-state index is 10.5. The highest BCUT2D eigenvalue weighted by molar-refractivity contribution is 5.73. The number of nitrogens with zero attached hydrogens (tertiary/aromatic N) is 1. The number of nitrogens with one attached hydrogen (secondary N) is 1. The third kappa shape index (κ3) is 6.12. The smallest absolute Gasteiger partial charge is 0.217 e. The quantitative estimate of drug-likeness (QED) is 0.641. The Labute approximate surface area is 103 Å². The lowest BCUT2D eigenvalue weighted by Crippen LogP contribution is -2.16. The number of carbonyl (C=O) groups excluding carboxylic acids is 1. The van der Waals surface area contributed by atoms with Crippen molar-refractivity contribution in [1.82, 2.24) is 9.88 Å². The SMILES string of the molecule is CCCn1ccc(CNCCCCC(N)=O)c1. The lowest BCUT2D eigenvalue weighted by Gasteiger charge is -2.02. The number of aromatic nitrogens is 1. The van der Waals surface area contributed by atoms with Crippen LogP contribution in [0, 0.1) is 0 Å². The van der Waals surface area contributed by atoms with E-state index in [-0.39, 0.29) is 5.91 Å². The Hall–Kier alpha value is -1.29. The Bertz CT molecular complexity index is 333. The van der Waals surface area contributed by atoms with Gasteiger partial charge in [-0.3, -0.25) is 4.79 Å². The van der Waals surface area contributed by atoms with Crippen LogP contribution in [0.3, 0.4) is 0 Å². The van der Waals surface area contributed by atoms with E-state index >= 15 is 0 Å². The van der Waals surface area contributed by atoms with Crippen molar-refractivity contribution >= 4 is 5.91 Å². The van der Waals surface area contributed by atoms with Gasteiger partial charge in [0.15, 0.2) is 0 Å². The van der Waals surface area contributed by atoms with Crippen molar-refractivity contribution in [3.63, 3.8) is 0 Å². The lowest BCUT2D eigenvalue weighted by atomic mass is 10.2. The zero-order valence-electron chi connectivity index (χ0n) is 10.6. The van der Waals surface area contributed by atoms with Crippen molar-refractivity contribution in [2.45, 2.75) is 45.7 Å². The summed E-state index contributed by atoms with van der Waals surface area (Å²) in [5, 5.41) is 3.37. The minimum Gasteiger partial charge on any atom is -0.370 e. The van der Waals surface area contributed by atoms with E-state index < -0.39 is 0 Å². The molecule has 0 aliphatic heterocycles. The van der Waals surface area contributed by atoms with Crippen LogP contribution in [-0.4, -0.2) is 17.0 Å². The largest absolute Gasteiger partial charge is 0.370 e. The molecule has 0 atom stereocenters. The molecular formula is C13H23N3O. The number of hydrogen-bond acceptors (Lipinski definition) is 2. The number of primary amides is 1. The van der Waals surface area contributed by atoms with Gasteiger partial charge in [0.2, 0.25) is 5.91 Å². The van der Waals surface area contributed by atoms with Crippen LogP contribution in [0.25, 0.3) is 0 Å². The first-order chi connectivity index (χ1) is 8.22. The molecule has 0 saturated heterocycles. The zero-order chi connectivity index (χ0) is 12.5. The van der Waals surface area contributed by atoms with Crippen LogP contribution in [-0.2, 0) is 17.9 Å². The number of amides is 1. The average molecular weight is 237 g/mol. The van der Waals surface area contributed by atoms with E-state index in [4.69, 9.17) is 5.73 Å². The van der Waals surface area contributed by atoms with Gasteiger partial charge in [-0.05, 0) is 37.4 Å². The number of rotatable bonds is 9. The first-order valence-corrected chi connectivity index (χ1v) is 6.36. The minimum absolute atomic E-state index is 0.207. The highest BCUT2D eigenvalue weighted by Gasteiger charge is 1.97. The van der Waals surface area contributed by atoms with Crippen molar-refractivity contribution in [3.05, 3.63) is 24.0 Å². The van der Waals surface area contributed by atoms with Crippen molar-refractivity contribution in [1.29, 1.82) is 0 Å². The van der Waals surface area contributed by atoms with Crippen LogP contribution in [0.4, 0.5) is 0 Å². The van der Waals surface area contributed by atoms with Crippen molar-refractivity contribution in [2.75, 3.05) is 6.54 Å². The van der Waals surface area contributed by atoms with Gasteiger partial charge in [0.05, 0.1) is 0 Å². The normalized spacial score (nSPS) is 10.6. The van der Waals surface area contributed by atoms with Crippen LogP contribution in [0.15, 0.2) is 18.5 Å². The van der Waals surface area contributed by atoms with Gasteiger partial charge in [-0.25, -0.2) is 0 Å². The molecule has 0 unspecified atom stereocenters. The molecule has 0 bridgehead atoms. The van der Waals surface area contributed by atoms with E-state index in [0.717, 1.165) is 38.9 Å². The van der Waals surface area contributed by atoms with Gasteiger partial charge in [0.25, 0.3) is 0 Å². The number of hydrogen-bond donors (Lipinski definition) is 2. The Morgan fingerprint density at radius 1 is 1.47 bits per heavy atom. The van der Waals surface area contributed by atoms with E-state index in [9.17, 15) is 4.79 Å². The molecule has 96 valence electrons. The second-order valence-corrected chi connectivity index (χ2v) is 4.36. The molecule has 0 radical (unpaired) electrons. The Kier molecular flexibility index (Phi) is 6.40. The number of nitrogens with two attached hydrogens (primary N) is 1. The third-order valence-electron chi connectivity index (χ3n) is 2.65. The van der Waals surface area contributed by atoms with Gasteiger partial charge < -0.3 is 15.6 Å². The van der Waals surface area contributed by atoms with E-state index in [1.165, 1.54) is 5.56 Å². The average Bonchev–Trinajstić information content (AvgIpc) is 2.71. The molecule has 1 heterocycles. The first kappa shape index (κ1) is 13.8. The molecule has 4 heteroatoms. The maximum Gasteiger partial charge on any atom is 0.217 e. The second-order valence-electron chi connectivity index (χ2n) is 4.36. The summed E-state index contributed by atoms with van der Waals surface area (Å²) in [6, 6.07) is 2.14. The van der Waals surface area contributed by atoms with Gasteiger partial charge in [-0.2, -0.15) is 0 Å². The number of unbranched alkanes of at least 4 members (excludes halogenated alkanes) is 1. The minimum atomic E-state index is -0.207. The van der Waals surface area contributed by atoms with Crippen LogP contribution in [0.1, 0.15) is 38.2 Å². The van der Waals surface area contributed by atoms with Gasteiger partial charge in [0, 0.05) is 31.9 Å². The van der Waals surface area contributed by atoms with Crippen LogP contribution < -0.4 is 11.1 Å². The van der Waals surface area contributed by atoms with Crippen molar-refractivity contribution < 1.29 is 4.79 Å². The summed E-state index contributed by atoms with van der Waals surface area (Å²) in [5.74, 6) is -0.207. The predicted octanol–water partition coefficient (Wildman–Crippen LogP) is 1.64. The summed E-state index contributed by atoms with van der Waals surface area (Å²) < 4.78 is 2.21. The molecule has 1 aromatic rings. The van der Waals surface area contributed by atoms with E-state index in [0.29, 0.717) is 6.42 Å². The maximum absolute atomic E-state index is 10.5. The summed E-state index contributed by atoms with van der Waals surface area (Å²) in [6.45, 7) is 5.09. The Morgan fingerprint density at radius 2 is 2.29 bits per heavy atom. The molecule has 0 aliphatic rings. The van der Waals surface area contributed by atoms with E-state index in [2.05, 4.69) is 35.3 Å². The molecule has 0 spiro atoms. The van der Waals surface area contributed by atoms with Crippen molar-refractivity contribution in [2.24, 2.45) is 5.73 Å². The standard InChI is InChI=1S/C13H23N3O/c1-2-8-16-9-6-12(11-16)10-15-7-4-3-5-13(14)17/h6,9,11,15H,2-5,7-8,10H2,1H3,(H2,14,17). The monoisotopic (exact) mass is 237 g/mol. The summed E-state index contributed by atoms with van der Waals surface area (Å²) in [5.41, 5.74) is 6.38. The fourth-order valence-corrected chi connectivity index (χ4v) is 1.77. The number of carbonyl (C=O) groups is 1. The summed E-state index contributed by atoms with van der Waals surface area (Å²) >= 11 is 0. The van der Waals surface area contributed by atoms with Crippen LogP contribution >= 0.6 is 0 Å². The predicted molar refractivity (Wildman–Crippen MR) is 69.5 cm³/mol. The van der Waals surface area contributed by atoms with Crippen molar-refractivity contribution in [3.8, 4) is 0 Å². The molecule has 17 heavy (non-hydrogen) atoms. The lowest BCUT2D eigenvalue weighted by molar-refractivity contribution is -0.118. The molecule has 0 saturated carbocycles. The summed E-state index contributed by atoms with van der Waals surface area (Å²) in [7, 11) is 0. The van der Waals surface area contributed by atoms with E-state index in [1.807, 2.05) is 0 Å². The molecule has 3 N–H and O–H groups in total. The number of aryl methyl sites for hydroxylation is 1. The third-order valence-corrected chi connectivity index (χ3v) is 2.65. The fourth-order valence-electron chi connectivity index (χ4n) is 1.77. The Balaban J connectivity index is 2.07. The highest BCUT2D eigenvalue weighted by Crippen LogP contribution is 2.02. The molecule has 1 amide bonds. The molecule has 0 aromatic carbocycles. The van der Waals surface area contributed by atoms with Gasteiger partial charge in [-0.15, -0.1) is 0 Å². The molecule has 0 aliphatic carbocycles. The summed E-state index contributed by atoms with van der Waals surface area (Å²) in [4.78, 5) is 10.5. The Morgan fingerprint density at radius 3 is 3.00 bits per heavy atom. The molecule has 1 aromatic heterocycles. The molecule has 0 fully saturated rings. The summed E-state index contributed by atoms with van der Waals surface area (Å²) in [6.07, 6.45) is 7.83. The van der Waals surface area contributed by atoms with Crippen LogP contribution in [0.2, 0.25) is 0 Å². The second kappa shape index (κ2) is 7.90. The topological polar surface area (TPSA) is 60.1 Å². The first-order valence-electron chi connectivity index (χ1n) is 6.36. The molecule has 1 rings (SSSR count). The fraction of sp³-hybridized carbons (Fsp3) is 0.615. The van der Waals surface area contributed by atoms with Gasteiger partial charge in [-0.1, -0.05) is 6.92 Å².